The molecule has 0 aliphatic rings. The fraction of sp³-hybridized carbons (Fsp3) is 0.316. The van der Waals surface area contributed by atoms with E-state index in [1.165, 1.54) is 40.2 Å². The molecular formula is C19H20FN3O3S. The fourth-order valence-electron chi connectivity index (χ4n) is 2.76. The van der Waals surface area contributed by atoms with Gasteiger partial charge in [-0.15, -0.1) is 11.3 Å². The molecule has 0 fully saturated rings. The van der Waals surface area contributed by atoms with Crippen molar-refractivity contribution in [2.75, 3.05) is 0 Å². The predicted molar refractivity (Wildman–Crippen MR) is 104 cm³/mol. The summed E-state index contributed by atoms with van der Waals surface area (Å²) in [4.78, 5) is 38.0. The van der Waals surface area contributed by atoms with Crippen molar-refractivity contribution in [3.63, 3.8) is 0 Å². The highest BCUT2D eigenvalue weighted by Gasteiger charge is 2.17. The lowest BCUT2D eigenvalue weighted by atomic mass is 10.2. The van der Waals surface area contributed by atoms with Crippen molar-refractivity contribution in [1.29, 1.82) is 0 Å². The molecule has 6 nitrogen and oxygen atoms in total. The van der Waals surface area contributed by atoms with Gasteiger partial charge in [-0.2, -0.15) is 0 Å². The molecule has 3 rings (SSSR count). The van der Waals surface area contributed by atoms with Crippen molar-refractivity contribution in [3.8, 4) is 0 Å². The number of halogens is 1. The molecule has 0 unspecified atom stereocenters. The number of aromatic nitrogens is 2. The Morgan fingerprint density at radius 2 is 1.89 bits per heavy atom. The van der Waals surface area contributed by atoms with Gasteiger partial charge in [0.05, 0.1) is 12.1 Å². The summed E-state index contributed by atoms with van der Waals surface area (Å²) >= 11 is 1.22. The molecule has 0 aliphatic carbocycles. The summed E-state index contributed by atoms with van der Waals surface area (Å²) in [5.41, 5.74) is 0.106. The summed E-state index contributed by atoms with van der Waals surface area (Å²) < 4.78 is 15.9. The second-order valence-corrected chi connectivity index (χ2v) is 7.31. The fourth-order valence-corrected chi connectivity index (χ4v) is 3.61. The molecule has 8 heteroatoms. The van der Waals surface area contributed by atoms with Gasteiger partial charge >= 0.3 is 5.69 Å². The van der Waals surface area contributed by atoms with Crippen LogP contribution in [0.5, 0.6) is 0 Å². The third kappa shape index (κ3) is 4.00. The lowest BCUT2D eigenvalue weighted by Crippen LogP contribution is -2.43. The minimum Gasteiger partial charge on any atom is -0.352 e. The van der Waals surface area contributed by atoms with Gasteiger partial charge in [0.15, 0.2) is 0 Å². The van der Waals surface area contributed by atoms with Crippen LogP contribution in [-0.4, -0.2) is 21.1 Å². The molecule has 1 N–H and O–H groups in total. The van der Waals surface area contributed by atoms with Gasteiger partial charge in [0.2, 0.25) is 5.91 Å². The third-order valence-electron chi connectivity index (χ3n) is 4.41. The average Bonchev–Trinajstić information content (AvgIpc) is 3.13. The van der Waals surface area contributed by atoms with E-state index in [1.54, 1.807) is 11.4 Å². The summed E-state index contributed by atoms with van der Waals surface area (Å²) in [5.74, 6) is -0.676. The third-order valence-corrected chi connectivity index (χ3v) is 5.30. The predicted octanol–water partition coefficient (Wildman–Crippen LogP) is 2.33. The number of thiophene rings is 1. The van der Waals surface area contributed by atoms with Gasteiger partial charge in [-0.25, -0.2) is 9.18 Å². The van der Waals surface area contributed by atoms with Gasteiger partial charge < -0.3 is 5.32 Å². The molecule has 2 heterocycles. The number of hydrogen-bond acceptors (Lipinski definition) is 4. The Balaban J connectivity index is 2.04. The standard InChI is InChI=1S/C19H20FN3O3S/c1-3-12(2)21-16(24)11-22-15-8-9-27-17(15)18(25)23(19(22)26)10-13-4-6-14(20)7-5-13/h4-9,12H,3,10-11H2,1-2H3,(H,21,24)/t12-/m1/s1. The molecule has 142 valence electrons. The number of carbonyl (C=O) groups excluding carboxylic acids is 1. The van der Waals surface area contributed by atoms with E-state index in [4.69, 9.17) is 0 Å². The van der Waals surface area contributed by atoms with Crippen LogP contribution < -0.4 is 16.6 Å². The number of carbonyl (C=O) groups is 1. The molecule has 0 radical (unpaired) electrons. The lowest BCUT2D eigenvalue weighted by Gasteiger charge is -2.15. The number of nitrogens with zero attached hydrogens (tertiary/aromatic N) is 2. The maximum absolute atomic E-state index is 13.1. The van der Waals surface area contributed by atoms with E-state index in [9.17, 15) is 18.8 Å². The molecular weight excluding hydrogens is 369 g/mol. The van der Waals surface area contributed by atoms with Crippen LogP contribution in [-0.2, 0) is 17.9 Å². The van der Waals surface area contributed by atoms with Crippen LogP contribution in [0.15, 0.2) is 45.3 Å². The number of rotatable bonds is 6. The number of fused-ring (bicyclic) bond motifs is 1. The largest absolute Gasteiger partial charge is 0.352 e. The topological polar surface area (TPSA) is 73.1 Å². The summed E-state index contributed by atoms with van der Waals surface area (Å²) in [7, 11) is 0. The monoisotopic (exact) mass is 389 g/mol. The van der Waals surface area contributed by atoms with Crippen molar-refractivity contribution < 1.29 is 9.18 Å². The lowest BCUT2D eigenvalue weighted by molar-refractivity contribution is -0.122. The zero-order valence-corrected chi connectivity index (χ0v) is 15.9. The van der Waals surface area contributed by atoms with Crippen LogP contribution in [0.3, 0.4) is 0 Å². The van der Waals surface area contributed by atoms with E-state index in [1.807, 2.05) is 13.8 Å². The molecule has 0 spiro atoms. The Hall–Kier alpha value is -2.74. The van der Waals surface area contributed by atoms with Gasteiger partial charge in [-0.05, 0) is 42.5 Å². The number of nitrogens with one attached hydrogen (secondary N) is 1. The Bertz CT molecular complexity index is 1080. The van der Waals surface area contributed by atoms with Crippen LogP contribution in [0.2, 0.25) is 0 Å². The minimum atomic E-state index is -0.561. The van der Waals surface area contributed by atoms with Crippen LogP contribution in [0, 0.1) is 5.82 Å². The summed E-state index contributed by atoms with van der Waals surface area (Å²) in [6.07, 6.45) is 0.776. The van der Waals surface area contributed by atoms with Gasteiger partial charge in [0, 0.05) is 6.04 Å². The zero-order chi connectivity index (χ0) is 19.6. The van der Waals surface area contributed by atoms with Gasteiger partial charge in [-0.3, -0.25) is 18.7 Å². The maximum Gasteiger partial charge on any atom is 0.332 e. The Kier molecular flexibility index (Phi) is 5.55. The normalized spacial score (nSPS) is 12.3. The molecule has 1 atom stereocenters. The first-order valence-electron chi connectivity index (χ1n) is 8.65. The molecule has 0 bridgehead atoms. The second kappa shape index (κ2) is 7.87. The van der Waals surface area contributed by atoms with Crippen molar-refractivity contribution in [2.45, 2.75) is 39.4 Å². The molecule has 0 saturated carbocycles. The molecule has 27 heavy (non-hydrogen) atoms. The highest BCUT2D eigenvalue weighted by molar-refractivity contribution is 7.17. The zero-order valence-electron chi connectivity index (χ0n) is 15.1. The van der Waals surface area contributed by atoms with Crippen LogP contribution >= 0.6 is 11.3 Å². The number of benzene rings is 1. The summed E-state index contributed by atoms with van der Waals surface area (Å²) in [6.45, 7) is 3.69. The van der Waals surface area contributed by atoms with Gasteiger partial charge in [0.25, 0.3) is 5.56 Å². The first-order valence-corrected chi connectivity index (χ1v) is 9.53. The molecule has 1 amide bonds. The van der Waals surface area contributed by atoms with Gasteiger partial charge in [0.1, 0.15) is 17.1 Å². The number of hydrogen-bond donors (Lipinski definition) is 1. The average molecular weight is 389 g/mol. The molecule has 2 aromatic heterocycles. The van der Waals surface area contributed by atoms with E-state index in [0.29, 0.717) is 15.8 Å². The van der Waals surface area contributed by atoms with E-state index in [-0.39, 0.29) is 30.9 Å². The highest BCUT2D eigenvalue weighted by Crippen LogP contribution is 2.15. The molecule has 3 aromatic rings. The number of amides is 1. The van der Waals surface area contributed by atoms with E-state index in [2.05, 4.69) is 5.32 Å². The SMILES string of the molecule is CC[C@@H](C)NC(=O)Cn1c(=O)n(Cc2ccc(F)cc2)c(=O)c2sccc21. The Labute approximate surface area is 158 Å². The molecule has 0 aliphatic heterocycles. The van der Waals surface area contributed by atoms with Crippen LogP contribution in [0.25, 0.3) is 10.2 Å². The smallest absolute Gasteiger partial charge is 0.332 e. The van der Waals surface area contributed by atoms with Crippen molar-refractivity contribution in [3.05, 3.63) is 67.9 Å². The minimum absolute atomic E-state index is 0.00344. The molecule has 1 aromatic carbocycles. The first kappa shape index (κ1) is 19.0. The van der Waals surface area contributed by atoms with Crippen molar-refractivity contribution >= 4 is 27.5 Å². The van der Waals surface area contributed by atoms with Crippen LogP contribution in [0.1, 0.15) is 25.8 Å². The van der Waals surface area contributed by atoms with Gasteiger partial charge in [-0.1, -0.05) is 19.1 Å². The highest BCUT2D eigenvalue weighted by atomic mass is 32.1. The second-order valence-electron chi connectivity index (χ2n) is 6.40. The van der Waals surface area contributed by atoms with Crippen LogP contribution in [0.4, 0.5) is 4.39 Å². The summed E-state index contributed by atoms with van der Waals surface area (Å²) in [6, 6.07) is 7.28. The summed E-state index contributed by atoms with van der Waals surface area (Å²) in [5, 5.41) is 4.55. The first-order chi connectivity index (χ1) is 12.9. The van der Waals surface area contributed by atoms with Crippen molar-refractivity contribution in [2.24, 2.45) is 0 Å². The Morgan fingerprint density at radius 3 is 2.56 bits per heavy atom. The maximum atomic E-state index is 13.1. The quantitative estimate of drug-likeness (QED) is 0.703. The van der Waals surface area contributed by atoms with E-state index in [0.717, 1.165) is 11.0 Å². The van der Waals surface area contributed by atoms with E-state index < -0.39 is 11.2 Å². The van der Waals surface area contributed by atoms with Crippen molar-refractivity contribution in [1.82, 2.24) is 14.5 Å². The van der Waals surface area contributed by atoms with E-state index >= 15 is 0 Å². The molecule has 0 saturated heterocycles. The Morgan fingerprint density at radius 1 is 1.19 bits per heavy atom.